The van der Waals surface area contributed by atoms with Crippen LogP contribution in [0.25, 0.3) is 10.9 Å². The summed E-state index contributed by atoms with van der Waals surface area (Å²) >= 11 is 0. The van der Waals surface area contributed by atoms with Crippen molar-refractivity contribution >= 4 is 16.9 Å². The molecule has 0 spiro atoms. The van der Waals surface area contributed by atoms with Crippen LogP contribution >= 0.6 is 0 Å². The molecule has 2 aromatic heterocycles. The van der Waals surface area contributed by atoms with Gasteiger partial charge in [-0.2, -0.15) is 4.98 Å². The Morgan fingerprint density at radius 3 is 3.12 bits per heavy atom. The Morgan fingerprint density at radius 2 is 2.25 bits per heavy atom. The Bertz CT molecular complexity index is 919. The smallest absolute Gasteiger partial charge is 0.324 e. The second kappa shape index (κ2) is 6.04. The van der Waals surface area contributed by atoms with E-state index in [1.165, 1.54) is 0 Å². The van der Waals surface area contributed by atoms with Gasteiger partial charge in [0.15, 0.2) is 5.82 Å². The molecule has 1 atom stereocenters. The monoisotopic (exact) mass is 327 g/mol. The predicted molar refractivity (Wildman–Crippen MR) is 86.7 cm³/mol. The van der Waals surface area contributed by atoms with Crippen LogP contribution in [0.1, 0.15) is 30.5 Å². The molecular weight excluding hydrogens is 310 g/mol. The summed E-state index contributed by atoms with van der Waals surface area (Å²) in [6.07, 6.45) is 1.83. The lowest BCUT2D eigenvalue weighted by molar-refractivity contribution is 0.174. The molecule has 1 unspecified atom stereocenters. The number of methoxy groups -OCH3 is 1. The van der Waals surface area contributed by atoms with Gasteiger partial charge in [0.25, 0.3) is 5.56 Å². The van der Waals surface area contributed by atoms with E-state index in [1.807, 2.05) is 23.1 Å². The maximum atomic E-state index is 12.3. The summed E-state index contributed by atoms with van der Waals surface area (Å²) in [6, 6.07) is 7.67. The molecular formula is C16H17N5O3. The molecule has 24 heavy (non-hydrogen) atoms. The van der Waals surface area contributed by atoms with Gasteiger partial charge in [-0.05, 0) is 25.0 Å². The number of ether oxygens (including phenoxy) is 1. The first-order valence-corrected chi connectivity index (χ1v) is 7.83. The van der Waals surface area contributed by atoms with Gasteiger partial charge in [0.05, 0.1) is 16.9 Å². The number of rotatable bonds is 4. The molecule has 124 valence electrons. The van der Waals surface area contributed by atoms with Crippen LogP contribution in [0.4, 0.5) is 6.01 Å². The van der Waals surface area contributed by atoms with Gasteiger partial charge in [-0.1, -0.05) is 17.3 Å². The molecule has 8 nitrogen and oxygen atoms in total. The molecule has 1 N–H and O–H groups in total. The highest BCUT2D eigenvalue weighted by Crippen LogP contribution is 2.33. The number of anilines is 1. The Morgan fingerprint density at radius 1 is 1.38 bits per heavy atom. The zero-order valence-corrected chi connectivity index (χ0v) is 13.2. The van der Waals surface area contributed by atoms with Gasteiger partial charge < -0.3 is 19.1 Å². The average molecular weight is 327 g/mol. The van der Waals surface area contributed by atoms with Crippen LogP contribution in [-0.4, -0.2) is 33.8 Å². The van der Waals surface area contributed by atoms with Gasteiger partial charge in [-0.25, -0.2) is 4.98 Å². The molecule has 0 saturated carbocycles. The van der Waals surface area contributed by atoms with E-state index in [4.69, 9.17) is 9.26 Å². The molecule has 1 aliphatic rings. The first-order valence-electron chi connectivity index (χ1n) is 7.83. The fourth-order valence-corrected chi connectivity index (χ4v) is 3.09. The molecule has 0 bridgehead atoms. The van der Waals surface area contributed by atoms with Crippen molar-refractivity contribution in [3.8, 4) is 0 Å². The molecule has 0 aliphatic carbocycles. The van der Waals surface area contributed by atoms with Crippen LogP contribution < -0.4 is 10.5 Å². The van der Waals surface area contributed by atoms with Crippen molar-refractivity contribution < 1.29 is 9.26 Å². The maximum absolute atomic E-state index is 12.3. The van der Waals surface area contributed by atoms with Crippen LogP contribution in [0, 0.1) is 0 Å². The average Bonchev–Trinajstić information content (AvgIpc) is 3.24. The van der Waals surface area contributed by atoms with Gasteiger partial charge in [-0.15, -0.1) is 0 Å². The number of fused-ring (bicyclic) bond motifs is 1. The summed E-state index contributed by atoms with van der Waals surface area (Å²) < 4.78 is 10.4. The van der Waals surface area contributed by atoms with E-state index in [1.54, 1.807) is 13.2 Å². The Hall–Kier alpha value is -2.74. The minimum atomic E-state index is -0.131. The lowest BCUT2D eigenvalue weighted by Crippen LogP contribution is -2.26. The first kappa shape index (κ1) is 14.8. The third-order valence-corrected chi connectivity index (χ3v) is 4.18. The van der Waals surface area contributed by atoms with E-state index in [0.29, 0.717) is 35.2 Å². The van der Waals surface area contributed by atoms with E-state index in [9.17, 15) is 4.79 Å². The van der Waals surface area contributed by atoms with Crippen LogP contribution in [0.3, 0.4) is 0 Å². The number of H-pyrrole nitrogens is 1. The highest BCUT2D eigenvalue weighted by Gasteiger charge is 2.32. The number of aromatic amines is 1. The molecule has 1 fully saturated rings. The van der Waals surface area contributed by atoms with Gasteiger partial charge in [-0.3, -0.25) is 4.79 Å². The summed E-state index contributed by atoms with van der Waals surface area (Å²) in [5, 5.41) is 4.49. The third-order valence-electron chi connectivity index (χ3n) is 4.18. The van der Waals surface area contributed by atoms with Crippen molar-refractivity contribution in [2.24, 2.45) is 0 Å². The summed E-state index contributed by atoms with van der Waals surface area (Å²) in [5.41, 5.74) is 0.557. The number of hydrogen-bond acceptors (Lipinski definition) is 7. The summed E-state index contributed by atoms with van der Waals surface area (Å²) in [4.78, 5) is 26.2. The van der Waals surface area contributed by atoms with E-state index in [-0.39, 0.29) is 11.6 Å². The molecule has 8 heteroatoms. The lowest BCUT2D eigenvalue weighted by Gasteiger charge is -2.21. The second-order valence-electron chi connectivity index (χ2n) is 5.75. The molecule has 3 heterocycles. The van der Waals surface area contributed by atoms with E-state index >= 15 is 0 Å². The third kappa shape index (κ3) is 2.54. The molecule has 1 saturated heterocycles. The molecule has 1 aromatic carbocycles. The number of nitrogens with one attached hydrogen (secondary N) is 1. The molecule has 4 rings (SSSR count). The van der Waals surface area contributed by atoms with Crippen molar-refractivity contribution in [1.82, 2.24) is 20.1 Å². The minimum Gasteiger partial charge on any atom is -0.377 e. The fourth-order valence-electron chi connectivity index (χ4n) is 3.09. The van der Waals surface area contributed by atoms with Crippen molar-refractivity contribution in [3.63, 3.8) is 0 Å². The molecule has 1 aliphatic heterocycles. The quantitative estimate of drug-likeness (QED) is 0.780. The summed E-state index contributed by atoms with van der Waals surface area (Å²) in [7, 11) is 1.58. The predicted octanol–water partition coefficient (Wildman–Crippen LogP) is 1.79. The minimum absolute atomic E-state index is 0.0850. The first-order chi connectivity index (χ1) is 11.8. The van der Waals surface area contributed by atoms with Crippen LogP contribution in [0.5, 0.6) is 0 Å². The molecule has 0 amide bonds. The largest absolute Gasteiger partial charge is 0.377 e. The summed E-state index contributed by atoms with van der Waals surface area (Å²) in [5.74, 6) is 1.13. The van der Waals surface area contributed by atoms with Crippen molar-refractivity contribution in [2.75, 3.05) is 18.6 Å². The second-order valence-corrected chi connectivity index (χ2v) is 5.75. The van der Waals surface area contributed by atoms with Gasteiger partial charge in [0.1, 0.15) is 12.4 Å². The molecule has 0 radical (unpaired) electrons. The van der Waals surface area contributed by atoms with Crippen LogP contribution in [-0.2, 0) is 11.3 Å². The molecule has 3 aromatic rings. The number of nitrogens with zero attached hydrogens (tertiary/aromatic N) is 4. The fraction of sp³-hybridized carbons (Fsp3) is 0.375. The van der Waals surface area contributed by atoms with Crippen LogP contribution in [0.2, 0.25) is 0 Å². The summed E-state index contributed by atoms with van der Waals surface area (Å²) in [6.45, 7) is 1.07. The Labute approximate surface area is 137 Å². The van der Waals surface area contributed by atoms with E-state index in [2.05, 4.69) is 20.1 Å². The zero-order valence-electron chi connectivity index (χ0n) is 13.2. The number of hydrogen-bond donors (Lipinski definition) is 1. The Balaban J connectivity index is 1.70. The highest BCUT2D eigenvalue weighted by atomic mass is 16.5. The van der Waals surface area contributed by atoms with Crippen molar-refractivity contribution in [3.05, 3.63) is 46.3 Å². The zero-order chi connectivity index (χ0) is 16.5. The topological polar surface area (TPSA) is 97.1 Å². The lowest BCUT2D eigenvalue weighted by atomic mass is 10.2. The van der Waals surface area contributed by atoms with Gasteiger partial charge in [0.2, 0.25) is 0 Å². The van der Waals surface area contributed by atoms with Crippen molar-refractivity contribution in [2.45, 2.75) is 25.5 Å². The van der Waals surface area contributed by atoms with E-state index in [0.717, 1.165) is 19.4 Å². The SMILES string of the molecule is COCc1noc(N2CCCC2c2nc3ccccc3c(=O)[nH]2)n1. The maximum Gasteiger partial charge on any atom is 0.324 e. The number of aromatic nitrogens is 4. The van der Waals surface area contributed by atoms with Gasteiger partial charge in [0, 0.05) is 13.7 Å². The Kier molecular flexibility index (Phi) is 3.73. The highest BCUT2D eigenvalue weighted by molar-refractivity contribution is 5.77. The number of benzene rings is 1. The van der Waals surface area contributed by atoms with E-state index < -0.39 is 0 Å². The van der Waals surface area contributed by atoms with Crippen LogP contribution in [0.15, 0.2) is 33.6 Å². The van der Waals surface area contributed by atoms with Crippen molar-refractivity contribution in [1.29, 1.82) is 0 Å². The normalized spacial score (nSPS) is 17.7. The standard InChI is InChI=1S/C16H17N5O3/c1-23-9-13-18-16(24-20-13)21-8-4-7-12(21)14-17-11-6-3-2-5-10(11)15(22)19-14/h2-3,5-6,12H,4,7-9H2,1H3,(H,17,19,22). The number of para-hydroxylation sites is 1. The van der Waals surface area contributed by atoms with Gasteiger partial charge >= 0.3 is 6.01 Å².